The van der Waals surface area contributed by atoms with Crippen molar-refractivity contribution in [3.05, 3.63) is 29.1 Å². The van der Waals surface area contributed by atoms with E-state index in [-0.39, 0.29) is 0 Å². The molecule has 1 aromatic carbocycles. The molecule has 0 amide bonds. The molecule has 3 rings (SSSR count). The number of nitrogens with zero attached hydrogens (tertiary/aromatic N) is 1. The molecule has 3 nitrogen and oxygen atoms in total. The molecule has 2 aromatic rings. The van der Waals surface area contributed by atoms with E-state index in [2.05, 4.69) is 36.3 Å². The van der Waals surface area contributed by atoms with Gasteiger partial charge in [-0.15, -0.1) is 0 Å². The van der Waals surface area contributed by atoms with Crippen LogP contribution in [-0.2, 0) is 0 Å². The van der Waals surface area contributed by atoms with E-state index in [1.165, 1.54) is 42.3 Å². The number of nitrogens with one attached hydrogen (secondary N) is 2. The van der Waals surface area contributed by atoms with Gasteiger partial charge < -0.3 is 10.3 Å². The molecule has 1 fully saturated rings. The monoisotopic (exact) mass is 243 g/mol. The number of hydrogen-bond acceptors (Lipinski definition) is 2. The van der Waals surface area contributed by atoms with Crippen LogP contribution < -0.4 is 5.32 Å². The van der Waals surface area contributed by atoms with Gasteiger partial charge in [0.05, 0.1) is 17.1 Å². The summed E-state index contributed by atoms with van der Waals surface area (Å²) >= 11 is 0. The molecule has 0 aliphatic carbocycles. The maximum absolute atomic E-state index is 4.80. The Kier molecular flexibility index (Phi) is 3.08. The van der Waals surface area contributed by atoms with Gasteiger partial charge in [-0.2, -0.15) is 0 Å². The van der Waals surface area contributed by atoms with Crippen molar-refractivity contribution in [3.8, 4) is 0 Å². The third-order valence-corrected chi connectivity index (χ3v) is 3.83. The number of benzene rings is 1. The predicted octanol–water partition coefficient (Wildman–Crippen LogP) is 3.38. The Hall–Kier alpha value is -1.35. The van der Waals surface area contributed by atoms with Crippen LogP contribution in [0.2, 0.25) is 0 Å². The van der Waals surface area contributed by atoms with E-state index in [0.29, 0.717) is 6.04 Å². The van der Waals surface area contributed by atoms with Gasteiger partial charge in [0.15, 0.2) is 0 Å². The molecular formula is C15H21N3. The summed E-state index contributed by atoms with van der Waals surface area (Å²) in [6.45, 7) is 5.39. The molecule has 0 saturated carbocycles. The van der Waals surface area contributed by atoms with E-state index < -0.39 is 0 Å². The fourth-order valence-corrected chi connectivity index (χ4v) is 2.92. The molecule has 2 heterocycles. The van der Waals surface area contributed by atoms with Gasteiger partial charge in [0.1, 0.15) is 5.82 Å². The van der Waals surface area contributed by atoms with Crippen LogP contribution in [0, 0.1) is 13.8 Å². The van der Waals surface area contributed by atoms with E-state index in [1.54, 1.807) is 0 Å². The van der Waals surface area contributed by atoms with Crippen LogP contribution in [-0.4, -0.2) is 16.5 Å². The molecule has 1 atom stereocenters. The number of aryl methyl sites for hydroxylation is 2. The summed E-state index contributed by atoms with van der Waals surface area (Å²) in [5.41, 5.74) is 4.86. The minimum atomic E-state index is 0.402. The van der Waals surface area contributed by atoms with Gasteiger partial charge in [-0.1, -0.05) is 18.9 Å². The number of hydrogen-bond donors (Lipinski definition) is 2. The lowest BCUT2D eigenvalue weighted by molar-refractivity contribution is 0.513. The molecule has 1 saturated heterocycles. The summed E-state index contributed by atoms with van der Waals surface area (Å²) in [5, 5.41) is 3.60. The summed E-state index contributed by atoms with van der Waals surface area (Å²) in [5.74, 6) is 1.11. The first-order valence-electron chi connectivity index (χ1n) is 6.94. The van der Waals surface area contributed by atoms with Gasteiger partial charge >= 0.3 is 0 Å². The van der Waals surface area contributed by atoms with Gasteiger partial charge in [-0.3, -0.25) is 0 Å². The molecule has 3 heteroatoms. The molecule has 1 aromatic heterocycles. The van der Waals surface area contributed by atoms with E-state index >= 15 is 0 Å². The summed E-state index contributed by atoms with van der Waals surface area (Å²) < 4.78 is 0. The second-order valence-corrected chi connectivity index (χ2v) is 5.46. The van der Waals surface area contributed by atoms with Crippen LogP contribution in [0.1, 0.15) is 48.7 Å². The lowest BCUT2D eigenvalue weighted by atomic mass is 10.1. The first-order valence-corrected chi connectivity index (χ1v) is 6.94. The summed E-state index contributed by atoms with van der Waals surface area (Å²) in [6.07, 6.45) is 5.11. The first-order chi connectivity index (χ1) is 8.74. The van der Waals surface area contributed by atoms with Crippen molar-refractivity contribution in [1.29, 1.82) is 0 Å². The van der Waals surface area contributed by atoms with Crippen LogP contribution in [0.3, 0.4) is 0 Å². The predicted molar refractivity (Wildman–Crippen MR) is 74.8 cm³/mol. The number of fused-ring (bicyclic) bond motifs is 1. The van der Waals surface area contributed by atoms with Crippen molar-refractivity contribution in [2.75, 3.05) is 6.54 Å². The summed E-state index contributed by atoms with van der Waals surface area (Å²) in [4.78, 5) is 8.30. The number of aromatic nitrogens is 2. The zero-order chi connectivity index (χ0) is 12.5. The zero-order valence-electron chi connectivity index (χ0n) is 11.2. The van der Waals surface area contributed by atoms with Crippen LogP contribution in [0.5, 0.6) is 0 Å². The molecule has 0 spiro atoms. The highest BCUT2D eigenvalue weighted by Gasteiger charge is 2.17. The third kappa shape index (κ3) is 2.15. The maximum atomic E-state index is 4.80. The fourth-order valence-electron chi connectivity index (χ4n) is 2.92. The molecule has 2 N–H and O–H groups in total. The number of H-pyrrole nitrogens is 1. The standard InChI is InChI=1S/C15H21N3/c1-10-8-11(2)14-13(9-10)17-15(18-14)12-6-4-3-5-7-16-12/h8-9,12,16H,3-7H2,1-2H3,(H,17,18). The summed E-state index contributed by atoms with van der Waals surface area (Å²) in [7, 11) is 0. The van der Waals surface area contributed by atoms with Gasteiger partial charge in [0.25, 0.3) is 0 Å². The minimum absolute atomic E-state index is 0.402. The van der Waals surface area contributed by atoms with Crippen molar-refractivity contribution in [2.24, 2.45) is 0 Å². The van der Waals surface area contributed by atoms with Crippen LogP contribution >= 0.6 is 0 Å². The number of imidazole rings is 1. The quantitative estimate of drug-likeness (QED) is 0.806. The van der Waals surface area contributed by atoms with Gasteiger partial charge in [-0.25, -0.2) is 4.98 Å². The van der Waals surface area contributed by atoms with Crippen molar-refractivity contribution in [3.63, 3.8) is 0 Å². The Bertz CT molecular complexity index is 548. The molecule has 1 unspecified atom stereocenters. The minimum Gasteiger partial charge on any atom is -0.341 e. The summed E-state index contributed by atoms with van der Waals surface area (Å²) in [6, 6.07) is 4.79. The van der Waals surface area contributed by atoms with Crippen molar-refractivity contribution in [1.82, 2.24) is 15.3 Å². The third-order valence-electron chi connectivity index (χ3n) is 3.83. The Balaban J connectivity index is 1.99. The van der Waals surface area contributed by atoms with Gasteiger partial charge in [0, 0.05) is 0 Å². The average molecular weight is 243 g/mol. The van der Waals surface area contributed by atoms with E-state index in [1.807, 2.05) is 0 Å². The van der Waals surface area contributed by atoms with Crippen LogP contribution in [0.15, 0.2) is 12.1 Å². The lowest BCUT2D eigenvalue weighted by Crippen LogP contribution is -2.21. The van der Waals surface area contributed by atoms with Crippen molar-refractivity contribution in [2.45, 2.75) is 45.6 Å². The number of rotatable bonds is 1. The van der Waals surface area contributed by atoms with Crippen LogP contribution in [0.25, 0.3) is 11.0 Å². The largest absolute Gasteiger partial charge is 0.341 e. The molecule has 18 heavy (non-hydrogen) atoms. The fraction of sp³-hybridized carbons (Fsp3) is 0.533. The van der Waals surface area contributed by atoms with Gasteiger partial charge in [-0.05, 0) is 50.4 Å². The van der Waals surface area contributed by atoms with Gasteiger partial charge in [0.2, 0.25) is 0 Å². The van der Waals surface area contributed by atoms with Crippen molar-refractivity contribution >= 4 is 11.0 Å². The highest BCUT2D eigenvalue weighted by atomic mass is 15.0. The Labute approximate surface area is 108 Å². The number of aromatic amines is 1. The topological polar surface area (TPSA) is 40.7 Å². The molecule has 0 radical (unpaired) electrons. The van der Waals surface area contributed by atoms with Crippen molar-refractivity contribution < 1.29 is 0 Å². The molecule has 1 aliphatic rings. The first kappa shape index (κ1) is 11.7. The molecule has 96 valence electrons. The highest BCUT2D eigenvalue weighted by molar-refractivity contribution is 5.79. The van der Waals surface area contributed by atoms with Crippen LogP contribution in [0.4, 0.5) is 0 Å². The molecule has 1 aliphatic heterocycles. The Morgan fingerprint density at radius 2 is 2.06 bits per heavy atom. The molecule has 0 bridgehead atoms. The average Bonchev–Trinajstić information content (AvgIpc) is 2.59. The molecular weight excluding hydrogens is 222 g/mol. The van der Waals surface area contributed by atoms with E-state index in [9.17, 15) is 0 Å². The zero-order valence-corrected chi connectivity index (χ0v) is 11.2. The normalized spacial score (nSPS) is 21.1. The SMILES string of the molecule is Cc1cc(C)c2nc(C3CCCCCN3)[nH]c2c1. The van der Waals surface area contributed by atoms with E-state index in [4.69, 9.17) is 4.98 Å². The lowest BCUT2D eigenvalue weighted by Gasteiger charge is -2.12. The second-order valence-electron chi connectivity index (χ2n) is 5.46. The maximum Gasteiger partial charge on any atom is 0.124 e. The Morgan fingerprint density at radius 3 is 2.94 bits per heavy atom. The Morgan fingerprint density at radius 1 is 1.17 bits per heavy atom. The van der Waals surface area contributed by atoms with E-state index in [0.717, 1.165) is 17.9 Å². The smallest absolute Gasteiger partial charge is 0.124 e. The second kappa shape index (κ2) is 4.73. The highest BCUT2D eigenvalue weighted by Crippen LogP contribution is 2.25.